The Hall–Kier alpha value is -2.70. The van der Waals surface area contributed by atoms with Gasteiger partial charge in [-0.25, -0.2) is 4.79 Å². The normalized spacial score (nSPS) is 11.2. The van der Waals surface area contributed by atoms with E-state index in [0.717, 1.165) is 0 Å². The lowest BCUT2D eigenvalue weighted by molar-refractivity contribution is -0.111. The highest BCUT2D eigenvalue weighted by Crippen LogP contribution is 2.32. The average Bonchev–Trinajstić information content (AvgIpc) is 2.91. The number of imidazole rings is 1. The van der Waals surface area contributed by atoms with Gasteiger partial charge < -0.3 is 20.0 Å². The van der Waals surface area contributed by atoms with Crippen molar-refractivity contribution in [3.8, 4) is 5.75 Å². The molecule has 0 atom stereocenters. The molecule has 3 aromatic rings. The standard InChI is InChI=1S/C17H13Cl2N3O3/c1-25-16-9(6-10(18)7-12(16)19)2-5-15(23)20-11-3-4-13-14(8-11)22-17(24)21-13/h2-8H,1H3,(H,20,23)(H2,21,22,24)/b5-2+. The number of rotatable bonds is 4. The van der Waals surface area contributed by atoms with Crippen LogP contribution in [0.4, 0.5) is 5.69 Å². The zero-order valence-corrected chi connectivity index (χ0v) is 14.5. The van der Waals surface area contributed by atoms with Gasteiger partial charge in [-0.05, 0) is 36.4 Å². The van der Waals surface area contributed by atoms with E-state index in [0.29, 0.717) is 38.1 Å². The van der Waals surface area contributed by atoms with Crippen LogP contribution in [0.15, 0.2) is 41.2 Å². The number of aromatic amines is 2. The van der Waals surface area contributed by atoms with E-state index in [-0.39, 0.29) is 11.6 Å². The van der Waals surface area contributed by atoms with Crippen LogP contribution in [0.1, 0.15) is 5.56 Å². The van der Waals surface area contributed by atoms with Crippen molar-refractivity contribution >= 4 is 51.9 Å². The lowest BCUT2D eigenvalue weighted by atomic mass is 10.2. The maximum atomic E-state index is 12.1. The fourth-order valence-electron chi connectivity index (χ4n) is 2.38. The van der Waals surface area contributed by atoms with Crippen molar-refractivity contribution in [2.24, 2.45) is 0 Å². The first kappa shape index (κ1) is 17.1. The molecule has 2 aromatic carbocycles. The summed E-state index contributed by atoms with van der Waals surface area (Å²) in [6.07, 6.45) is 2.90. The van der Waals surface area contributed by atoms with Gasteiger partial charge in [-0.15, -0.1) is 0 Å². The Labute approximate surface area is 152 Å². The third kappa shape index (κ3) is 3.87. The minimum absolute atomic E-state index is 0.302. The van der Waals surface area contributed by atoms with E-state index in [2.05, 4.69) is 15.3 Å². The van der Waals surface area contributed by atoms with Crippen molar-refractivity contribution in [1.82, 2.24) is 9.97 Å². The molecular formula is C17H13Cl2N3O3. The Bertz CT molecular complexity index is 1040. The Kier molecular flexibility index (Phi) is 4.83. The predicted molar refractivity (Wildman–Crippen MR) is 99.6 cm³/mol. The van der Waals surface area contributed by atoms with Crippen LogP contribution in [0.3, 0.4) is 0 Å². The second kappa shape index (κ2) is 7.04. The van der Waals surface area contributed by atoms with Crippen molar-refractivity contribution in [2.75, 3.05) is 12.4 Å². The van der Waals surface area contributed by atoms with Gasteiger partial charge in [0.1, 0.15) is 5.75 Å². The number of anilines is 1. The van der Waals surface area contributed by atoms with E-state index in [1.54, 1.807) is 36.4 Å². The number of nitrogens with one attached hydrogen (secondary N) is 3. The summed E-state index contributed by atoms with van der Waals surface area (Å²) in [5, 5.41) is 3.51. The number of benzene rings is 2. The SMILES string of the molecule is COc1c(Cl)cc(Cl)cc1/C=C/C(=O)Nc1ccc2[nH]c(=O)[nH]c2c1. The maximum absolute atomic E-state index is 12.1. The molecule has 0 aliphatic heterocycles. The van der Waals surface area contributed by atoms with Gasteiger partial charge in [-0.3, -0.25) is 4.79 Å². The predicted octanol–water partition coefficient (Wildman–Crippen LogP) is 3.82. The largest absolute Gasteiger partial charge is 0.495 e. The highest BCUT2D eigenvalue weighted by molar-refractivity contribution is 6.36. The van der Waals surface area contributed by atoms with Gasteiger partial charge in [0.15, 0.2) is 0 Å². The molecule has 0 saturated heterocycles. The number of carbonyl (C=O) groups excluding carboxylic acids is 1. The number of hydrogen-bond acceptors (Lipinski definition) is 3. The topological polar surface area (TPSA) is 87.0 Å². The number of fused-ring (bicyclic) bond motifs is 1. The number of amides is 1. The van der Waals surface area contributed by atoms with E-state index in [1.165, 1.54) is 13.2 Å². The van der Waals surface area contributed by atoms with E-state index >= 15 is 0 Å². The fourth-order valence-corrected chi connectivity index (χ4v) is 2.97. The molecule has 0 radical (unpaired) electrons. The summed E-state index contributed by atoms with van der Waals surface area (Å²) in [5.74, 6) is 0.0804. The van der Waals surface area contributed by atoms with Crippen molar-refractivity contribution in [3.05, 3.63) is 62.5 Å². The third-order valence-corrected chi connectivity index (χ3v) is 3.94. The molecular weight excluding hydrogens is 365 g/mol. The molecule has 0 saturated carbocycles. The number of ether oxygens (including phenoxy) is 1. The van der Waals surface area contributed by atoms with Crippen LogP contribution in [0.5, 0.6) is 5.75 Å². The van der Waals surface area contributed by atoms with Crippen LogP contribution in [-0.4, -0.2) is 23.0 Å². The van der Waals surface area contributed by atoms with Crippen LogP contribution in [0.2, 0.25) is 10.0 Å². The molecule has 1 aromatic heterocycles. The van der Waals surface area contributed by atoms with E-state index < -0.39 is 0 Å². The lowest BCUT2D eigenvalue weighted by Crippen LogP contribution is -2.07. The molecule has 0 unspecified atom stereocenters. The molecule has 1 amide bonds. The molecule has 8 heteroatoms. The van der Waals surface area contributed by atoms with Crippen molar-refractivity contribution in [1.29, 1.82) is 0 Å². The van der Waals surface area contributed by atoms with Gasteiger partial charge in [0.25, 0.3) is 0 Å². The van der Waals surface area contributed by atoms with Gasteiger partial charge >= 0.3 is 5.69 Å². The Morgan fingerprint density at radius 3 is 2.68 bits per heavy atom. The van der Waals surface area contributed by atoms with E-state index in [1.807, 2.05) is 0 Å². The van der Waals surface area contributed by atoms with Gasteiger partial charge in [0.05, 0.1) is 23.2 Å². The molecule has 1 heterocycles. The fraction of sp³-hybridized carbons (Fsp3) is 0.0588. The summed E-state index contributed by atoms with van der Waals surface area (Å²) < 4.78 is 5.22. The van der Waals surface area contributed by atoms with Crippen LogP contribution < -0.4 is 15.7 Å². The molecule has 0 aliphatic carbocycles. The summed E-state index contributed by atoms with van der Waals surface area (Å²) in [6.45, 7) is 0. The Balaban J connectivity index is 1.79. The van der Waals surface area contributed by atoms with Crippen LogP contribution >= 0.6 is 23.2 Å². The third-order valence-electron chi connectivity index (χ3n) is 3.44. The molecule has 6 nitrogen and oxygen atoms in total. The van der Waals surface area contributed by atoms with Crippen LogP contribution in [0.25, 0.3) is 17.1 Å². The van der Waals surface area contributed by atoms with Crippen molar-refractivity contribution < 1.29 is 9.53 Å². The molecule has 0 bridgehead atoms. The van der Waals surface area contributed by atoms with Crippen molar-refractivity contribution in [2.45, 2.75) is 0 Å². The molecule has 0 aliphatic rings. The number of methoxy groups -OCH3 is 1. The highest BCUT2D eigenvalue weighted by Gasteiger charge is 2.08. The summed E-state index contributed by atoms with van der Waals surface area (Å²) in [7, 11) is 1.49. The first-order valence-electron chi connectivity index (χ1n) is 7.20. The maximum Gasteiger partial charge on any atom is 0.323 e. The molecule has 3 N–H and O–H groups in total. The monoisotopic (exact) mass is 377 g/mol. The van der Waals surface area contributed by atoms with Crippen LogP contribution in [0, 0.1) is 0 Å². The second-order valence-corrected chi connectivity index (χ2v) is 6.02. The minimum atomic E-state index is -0.351. The van der Waals surface area contributed by atoms with E-state index in [9.17, 15) is 9.59 Å². The zero-order chi connectivity index (χ0) is 18.0. The number of H-pyrrole nitrogens is 2. The first-order chi connectivity index (χ1) is 12.0. The van der Waals surface area contributed by atoms with Gasteiger partial charge in [-0.1, -0.05) is 23.2 Å². The quantitative estimate of drug-likeness (QED) is 0.603. The Morgan fingerprint density at radius 2 is 1.92 bits per heavy atom. The lowest BCUT2D eigenvalue weighted by Gasteiger charge is -2.08. The number of carbonyl (C=O) groups is 1. The molecule has 0 fully saturated rings. The smallest absolute Gasteiger partial charge is 0.323 e. The molecule has 128 valence electrons. The van der Waals surface area contributed by atoms with Gasteiger partial charge in [0, 0.05) is 22.3 Å². The first-order valence-corrected chi connectivity index (χ1v) is 7.96. The summed E-state index contributed by atoms with van der Waals surface area (Å²) >= 11 is 12.0. The minimum Gasteiger partial charge on any atom is -0.495 e. The average molecular weight is 378 g/mol. The zero-order valence-electron chi connectivity index (χ0n) is 13.0. The van der Waals surface area contributed by atoms with E-state index in [4.69, 9.17) is 27.9 Å². The van der Waals surface area contributed by atoms with Gasteiger partial charge in [-0.2, -0.15) is 0 Å². The molecule has 3 rings (SSSR count). The van der Waals surface area contributed by atoms with Crippen LogP contribution in [-0.2, 0) is 4.79 Å². The summed E-state index contributed by atoms with van der Waals surface area (Å²) in [6, 6.07) is 8.26. The number of aromatic nitrogens is 2. The molecule has 25 heavy (non-hydrogen) atoms. The second-order valence-electron chi connectivity index (χ2n) is 5.17. The summed E-state index contributed by atoms with van der Waals surface area (Å²) in [4.78, 5) is 28.6. The summed E-state index contributed by atoms with van der Waals surface area (Å²) in [5.41, 5.74) is 2.10. The van der Waals surface area contributed by atoms with Gasteiger partial charge in [0.2, 0.25) is 5.91 Å². The Morgan fingerprint density at radius 1 is 1.16 bits per heavy atom. The highest BCUT2D eigenvalue weighted by atomic mass is 35.5. The van der Waals surface area contributed by atoms with Crippen molar-refractivity contribution in [3.63, 3.8) is 0 Å². The number of halogens is 2. The molecule has 0 spiro atoms. The number of hydrogen-bond donors (Lipinski definition) is 3.